The summed E-state index contributed by atoms with van der Waals surface area (Å²) in [6, 6.07) is 0.306. The first-order chi connectivity index (χ1) is 8.60. The first-order valence-corrected chi connectivity index (χ1v) is 6.77. The maximum Gasteiger partial charge on any atom is 0.322 e. The van der Waals surface area contributed by atoms with Crippen molar-refractivity contribution in [1.29, 1.82) is 0 Å². The zero-order valence-electron chi connectivity index (χ0n) is 11.1. The van der Waals surface area contributed by atoms with Crippen molar-refractivity contribution >= 4 is 17.5 Å². The smallest absolute Gasteiger partial charge is 0.322 e. The Bertz CT molecular complexity index is 413. The highest BCUT2D eigenvalue weighted by Crippen LogP contribution is 2.27. The molecule has 0 spiro atoms. The van der Waals surface area contributed by atoms with Crippen LogP contribution >= 0.6 is 11.6 Å². The van der Waals surface area contributed by atoms with E-state index >= 15 is 0 Å². The van der Waals surface area contributed by atoms with Gasteiger partial charge in [-0.2, -0.15) is 15.0 Å². The zero-order valence-corrected chi connectivity index (χ0v) is 11.8. The van der Waals surface area contributed by atoms with Crippen LogP contribution in [0.5, 0.6) is 6.01 Å². The monoisotopic (exact) mass is 270 g/mol. The van der Waals surface area contributed by atoms with Crippen molar-refractivity contribution in [2.45, 2.75) is 27.2 Å². The number of anilines is 1. The average molecular weight is 271 g/mol. The fraction of sp³-hybridized carbons (Fsp3) is 0.750. The fourth-order valence-corrected chi connectivity index (χ4v) is 2.32. The fourth-order valence-electron chi connectivity index (χ4n) is 2.17. The largest absolute Gasteiger partial charge is 0.464 e. The minimum atomic E-state index is 0.191. The molecular weight excluding hydrogens is 252 g/mol. The zero-order chi connectivity index (χ0) is 13.1. The molecule has 0 aliphatic carbocycles. The molecule has 100 valence electrons. The van der Waals surface area contributed by atoms with Crippen LogP contribution in [0.3, 0.4) is 0 Å². The van der Waals surface area contributed by atoms with Crippen LogP contribution in [0, 0.1) is 11.8 Å². The Morgan fingerprint density at radius 3 is 2.78 bits per heavy atom. The van der Waals surface area contributed by atoms with Crippen molar-refractivity contribution in [3.63, 3.8) is 0 Å². The van der Waals surface area contributed by atoms with Gasteiger partial charge in [-0.05, 0) is 36.8 Å². The number of halogens is 1. The Morgan fingerprint density at radius 2 is 2.17 bits per heavy atom. The first kappa shape index (κ1) is 13.3. The van der Waals surface area contributed by atoms with Crippen LogP contribution in [0.2, 0.25) is 5.28 Å². The van der Waals surface area contributed by atoms with Gasteiger partial charge in [0.1, 0.15) is 0 Å². The molecule has 1 aromatic rings. The summed E-state index contributed by atoms with van der Waals surface area (Å²) >= 11 is 5.89. The number of nitrogens with zero attached hydrogens (tertiary/aromatic N) is 4. The molecule has 1 aliphatic heterocycles. The lowest BCUT2D eigenvalue weighted by molar-refractivity contribution is 0.311. The van der Waals surface area contributed by atoms with Crippen molar-refractivity contribution in [3.8, 4) is 6.01 Å². The molecule has 0 N–H and O–H groups in total. The molecule has 0 amide bonds. The summed E-state index contributed by atoms with van der Waals surface area (Å²) < 4.78 is 5.29. The van der Waals surface area contributed by atoms with Crippen LogP contribution in [0.4, 0.5) is 5.95 Å². The third-order valence-corrected chi connectivity index (χ3v) is 3.47. The van der Waals surface area contributed by atoms with Gasteiger partial charge in [-0.25, -0.2) is 0 Å². The normalized spacial score (nSPS) is 19.6. The van der Waals surface area contributed by atoms with Gasteiger partial charge in [0.2, 0.25) is 11.2 Å². The molecule has 0 saturated carbocycles. The molecule has 1 fully saturated rings. The summed E-state index contributed by atoms with van der Waals surface area (Å²) in [6.07, 6.45) is 1.17. The summed E-state index contributed by atoms with van der Waals surface area (Å²) in [6.45, 7) is 8.86. The molecule has 1 unspecified atom stereocenters. The van der Waals surface area contributed by atoms with Gasteiger partial charge in [0.05, 0.1) is 6.61 Å². The summed E-state index contributed by atoms with van der Waals surface area (Å²) in [5.41, 5.74) is 0. The van der Waals surface area contributed by atoms with Crippen LogP contribution < -0.4 is 9.64 Å². The minimum absolute atomic E-state index is 0.191. The molecule has 1 saturated heterocycles. The van der Waals surface area contributed by atoms with Gasteiger partial charge in [-0.3, -0.25) is 0 Å². The molecule has 18 heavy (non-hydrogen) atoms. The van der Waals surface area contributed by atoms with Crippen molar-refractivity contribution < 1.29 is 4.74 Å². The average Bonchev–Trinajstić information content (AvgIpc) is 2.78. The molecule has 1 aliphatic rings. The van der Waals surface area contributed by atoms with Crippen LogP contribution in [0.1, 0.15) is 27.2 Å². The maximum absolute atomic E-state index is 5.89. The Labute approximate surface area is 113 Å². The van der Waals surface area contributed by atoms with Gasteiger partial charge in [0.15, 0.2) is 0 Å². The summed E-state index contributed by atoms with van der Waals surface area (Å²) in [4.78, 5) is 14.6. The third kappa shape index (κ3) is 3.02. The van der Waals surface area contributed by atoms with Crippen LogP contribution in [-0.2, 0) is 0 Å². The van der Waals surface area contributed by atoms with Crippen molar-refractivity contribution in [3.05, 3.63) is 5.28 Å². The topological polar surface area (TPSA) is 51.1 Å². The number of aromatic nitrogens is 3. The quantitative estimate of drug-likeness (QED) is 0.841. The lowest BCUT2D eigenvalue weighted by atomic mass is 9.95. The van der Waals surface area contributed by atoms with E-state index in [0.717, 1.165) is 13.1 Å². The highest BCUT2D eigenvalue weighted by molar-refractivity contribution is 6.28. The summed E-state index contributed by atoms with van der Waals surface area (Å²) in [5.74, 6) is 2.00. The Hall–Kier alpha value is -1.10. The van der Waals surface area contributed by atoms with Gasteiger partial charge in [0.25, 0.3) is 0 Å². The molecular formula is C12H19ClN4O. The number of hydrogen-bond donors (Lipinski definition) is 0. The van der Waals surface area contributed by atoms with Gasteiger partial charge >= 0.3 is 6.01 Å². The maximum atomic E-state index is 5.89. The Morgan fingerprint density at radius 1 is 1.39 bits per heavy atom. The van der Waals surface area contributed by atoms with Crippen molar-refractivity contribution in [1.82, 2.24) is 15.0 Å². The first-order valence-electron chi connectivity index (χ1n) is 6.39. The van der Waals surface area contributed by atoms with Gasteiger partial charge in [-0.1, -0.05) is 13.8 Å². The number of rotatable bonds is 4. The molecule has 5 nitrogen and oxygen atoms in total. The van der Waals surface area contributed by atoms with E-state index in [1.807, 2.05) is 6.92 Å². The predicted molar refractivity (Wildman–Crippen MR) is 71.2 cm³/mol. The van der Waals surface area contributed by atoms with Gasteiger partial charge in [0, 0.05) is 13.1 Å². The van der Waals surface area contributed by atoms with Crippen molar-refractivity contribution in [2.24, 2.45) is 11.8 Å². The van der Waals surface area contributed by atoms with Crippen LogP contribution in [-0.4, -0.2) is 34.6 Å². The van der Waals surface area contributed by atoms with E-state index in [-0.39, 0.29) is 5.28 Å². The molecule has 0 bridgehead atoms. The second kappa shape index (κ2) is 5.69. The molecule has 2 rings (SSSR count). The minimum Gasteiger partial charge on any atom is -0.464 e. The highest BCUT2D eigenvalue weighted by Gasteiger charge is 2.27. The van der Waals surface area contributed by atoms with E-state index in [4.69, 9.17) is 16.3 Å². The molecule has 0 radical (unpaired) electrons. The third-order valence-electron chi connectivity index (χ3n) is 3.30. The van der Waals surface area contributed by atoms with E-state index in [1.165, 1.54) is 6.42 Å². The SMILES string of the molecule is CCOc1nc(Cl)nc(N2CCC(C(C)C)C2)n1. The van der Waals surface area contributed by atoms with E-state index in [0.29, 0.717) is 30.4 Å². The van der Waals surface area contributed by atoms with E-state index in [1.54, 1.807) is 0 Å². The molecule has 6 heteroatoms. The number of ether oxygens (including phenoxy) is 1. The van der Waals surface area contributed by atoms with E-state index < -0.39 is 0 Å². The second-order valence-electron chi connectivity index (χ2n) is 4.86. The molecule has 1 atom stereocenters. The molecule has 2 heterocycles. The highest BCUT2D eigenvalue weighted by atomic mass is 35.5. The lowest BCUT2D eigenvalue weighted by Crippen LogP contribution is -2.23. The van der Waals surface area contributed by atoms with Gasteiger partial charge in [-0.15, -0.1) is 0 Å². The Kier molecular flexibility index (Phi) is 4.22. The Balaban J connectivity index is 2.13. The van der Waals surface area contributed by atoms with Crippen molar-refractivity contribution in [2.75, 3.05) is 24.6 Å². The second-order valence-corrected chi connectivity index (χ2v) is 5.20. The summed E-state index contributed by atoms with van der Waals surface area (Å²) in [7, 11) is 0. The molecule has 1 aromatic heterocycles. The summed E-state index contributed by atoms with van der Waals surface area (Å²) in [5, 5.41) is 0.191. The lowest BCUT2D eigenvalue weighted by Gasteiger charge is -2.18. The standard InChI is InChI=1S/C12H19ClN4O/c1-4-18-12-15-10(13)14-11(16-12)17-6-5-9(7-17)8(2)3/h8-9H,4-7H2,1-3H3. The van der Waals surface area contributed by atoms with Crippen LogP contribution in [0.25, 0.3) is 0 Å². The van der Waals surface area contributed by atoms with Gasteiger partial charge < -0.3 is 9.64 Å². The van der Waals surface area contributed by atoms with E-state index in [2.05, 4.69) is 33.7 Å². The number of hydrogen-bond acceptors (Lipinski definition) is 5. The molecule has 0 aromatic carbocycles. The van der Waals surface area contributed by atoms with Crippen LogP contribution in [0.15, 0.2) is 0 Å². The predicted octanol–water partition coefficient (Wildman–Crippen LogP) is 2.41. The van der Waals surface area contributed by atoms with E-state index in [9.17, 15) is 0 Å².